The number of likely N-dealkylation sites (N-methyl/N-ethyl adjacent to an activating group) is 2. The molecule has 5 rings (SSSR count). The van der Waals surface area contributed by atoms with Crippen molar-refractivity contribution < 1.29 is 16.8 Å². The third kappa shape index (κ3) is 8.43. The van der Waals surface area contributed by atoms with E-state index in [1.54, 1.807) is 8.61 Å². The van der Waals surface area contributed by atoms with E-state index in [0.29, 0.717) is 50.6 Å². The molecular formula is C34H54N6O4S2. The lowest BCUT2D eigenvalue weighted by molar-refractivity contribution is 0.211. The molecule has 0 saturated carbocycles. The largest absolute Gasteiger partial charge is 0.381 e. The van der Waals surface area contributed by atoms with Gasteiger partial charge in [-0.1, -0.05) is 43.2 Å². The number of anilines is 2. The molecule has 0 radical (unpaired) electrons. The third-order valence-corrected chi connectivity index (χ3v) is 13.5. The Balaban J connectivity index is 1.53. The highest BCUT2D eigenvalue weighted by Gasteiger charge is 2.36. The molecule has 256 valence electrons. The first-order chi connectivity index (χ1) is 22.1. The molecule has 0 amide bonds. The number of likely N-dealkylation sites (tertiary alicyclic amines) is 1. The predicted octanol–water partition coefficient (Wildman–Crippen LogP) is 4.50. The van der Waals surface area contributed by atoms with Crippen LogP contribution in [-0.4, -0.2) is 114 Å². The predicted molar refractivity (Wildman–Crippen MR) is 186 cm³/mol. The number of hydrogen-bond donors (Lipinski definition) is 1. The first-order valence-corrected chi connectivity index (χ1v) is 20.1. The summed E-state index contributed by atoms with van der Waals surface area (Å²) >= 11 is 0. The van der Waals surface area contributed by atoms with Crippen molar-refractivity contribution in [1.29, 1.82) is 0 Å². The van der Waals surface area contributed by atoms with Crippen LogP contribution in [0.4, 0.5) is 11.4 Å². The van der Waals surface area contributed by atoms with Crippen LogP contribution in [0.15, 0.2) is 52.3 Å². The molecular weight excluding hydrogens is 621 g/mol. The Morgan fingerprint density at radius 1 is 0.739 bits per heavy atom. The minimum absolute atomic E-state index is 0.0802. The molecule has 3 fully saturated rings. The lowest BCUT2D eigenvalue weighted by Gasteiger charge is -2.35. The van der Waals surface area contributed by atoms with Gasteiger partial charge >= 0.3 is 0 Å². The van der Waals surface area contributed by atoms with Crippen molar-refractivity contribution in [2.45, 2.75) is 80.7 Å². The number of sulfonamides is 2. The standard InChI is InChI=1S/C34H54N6O4S2/c1-4-38(25-24-36(2)3)32-26-31(35-30-16-22-37(23-17-30)28-29-14-8-5-9-15-29)33(45(41,42)39-18-10-6-11-19-39)27-34(32)46(43,44)40-20-12-7-13-21-40/h5,8-9,14-15,26-27,30,35H,4,6-7,10-13,16-25,28H2,1-3H3. The number of rotatable bonds is 13. The number of benzene rings is 2. The molecule has 3 saturated heterocycles. The van der Waals surface area contributed by atoms with Gasteiger partial charge < -0.3 is 15.1 Å². The fraction of sp³-hybridized carbons (Fsp3) is 0.647. The SMILES string of the molecule is CCN(CCN(C)C)c1cc(NC2CCN(Cc3ccccc3)CC2)c(S(=O)(=O)N2CCCCC2)cc1S(=O)(=O)N1CCCCC1. The fourth-order valence-electron chi connectivity index (χ4n) is 6.88. The molecule has 3 heterocycles. The Morgan fingerprint density at radius 2 is 1.30 bits per heavy atom. The van der Waals surface area contributed by atoms with E-state index >= 15 is 0 Å². The Morgan fingerprint density at radius 3 is 1.85 bits per heavy atom. The van der Waals surface area contributed by atoms with Crippen molar-refractivity contribution in [3.05, 3.63) is 48.0 Å². The van der Waals surface area contributed by atoms with Crippen LogP contribution in [0.25, 0.3) is 0 Å². The summed E-state index contributed by atoms with van der Waals surface area (Å²) in [5, 5.41) is 3.64. The molecule has 2 aromatic rings. The Bertz CT molecular complexity index is 1480. The normalized spacial score (nSPS) is 19.8. The summed E-state index contributed by atoms with van der Waals surface area (Å²) in [6.45, 7) is 8.54. The van der Waals surface area contributed by atoms with Gasteiger partial charge in [-0.15, -0.1) is 0 Å². The molecule has 46 heavy (non-hydrogen) atoms. The zero-order valence-corrected chi connectivity index (χ0v) is 29.7. The minimum atomic E-state index is -3.93. The van der Waals surface area contributed by atoms with Crippen molar-refractivity contribution in [1.82, 2.24) is 18.4 Å². The van der Waals surface area contributed by atoms with Crippen LogP contribution in [0.1, 0.15) is 63.9 Å². The molecule has 10 nitrogen and oxygen atoms in total. The fourth-order valence-corrected chi connectivity index (χ4v) is 10.4. The zero-order chi connectivity index (χ0) is 32.7. The average molecular weight is 675 g/mol. The maximum atomic E-state index is 14.4. The number of hydrogen-bond acceptors (Lipinski definition) is 8. The molecule has 0 unspecified atom stereocenters. The van der Waals surface area contributed by atoms with Crippen molar-refractivity contribution in [2.24, 2.45) is 0 Å². The second-order valence-electron chi connectivity index (χ2n) is 13.3. The van der Waals surface area contributed by atoms with Crippen LogP contribution in [0.3, 0.4) is 0 Å². The van der Waals surface area contributed by atoms with Gasteiger partial charge in [-0.25, -0.2) is 16.8 Å². The zero-order valence-electron chi connectivity index (χ0n) is 28.0. The number of piperidine rings is 3. The molecule has 12 heteroatoms. The van der Waals surface area contributed by atoms with Gasteiger partial charge in [0.15, 0.2) is 0 Å². The van der Waals surface area contributed by atoms with Crippen LogP contribution < -0.4 is 10.2 Å². The van der Waals surface area contributed by atoms with Gasteiger partial charge in [-0.2, -0.15) is 8.61 Å². The summed E-state index contributed by atoms with van der Waals surface area (Å²) in [4.78, 5) is 6.80. The summed E-state index contributed by atoms with van der Waals surface area (Å²) in [5.41, 5.74) is 2.39. The molecule has 2 aromatic carbocycles. The maximum Gasteiger partial charge on any atom is 0.245 e. The summed E-state index contributed by atoms with van der Waals surface area (Å²) in [5.74, 6) is 0. The van der Waals surface area contributed by atoms with E-state index in [2.05, 4.69) is 44.3 Å². The van der Waals surface area contributed by atoms with Gasteiger partial charge in [0.1, 0.15) is 9.79 Å². The smallest absolute Gasteiger partial charge is 0.245 e. The quantitative estimate of drug-likeness (QED) is 0.332. The highest BCUT2D eigenvalue weighted by atomic mass is 32.2. The minimum Gasteiger partial charge on any atom is -0.381 e. The van der Waals surface area contributed by atoms with Crippen LogP contribution in [0, 0.1) is 0 Å². The summed E-state index contributed by atoms with van der Waals surface area (Å²) < 4.78 is 60.6. The molecule has 0 aliphatic carbocycles. The van der Waals surface area contributed by atoms with Crippen LogP contribution in [0.2, 0.25) is 0 Å². The van der Waals surface area contributed by atoms with Crippen molar-refractivity contribution in [2.75, 3.05) is 83.2 Å². The molecule has 3 aliphatic rings. The third-order valence-electron chi connectivity index (χ3n) is 9.66. The van der Waals surface area contributed by atoms with E-state index in [0.717, 1.165) is 77.5 Å². The van der Waals surface area contributed by atoms with Gasteiger partial charge in [0.05, 0.1) is 11.4 Å². The topological polar surface area (TPSA) is 96.5 Å². The molecule has 0 atom stereocenters. The van der Waals surface area contributed by atoms with E-state index in [9.17, 15) is 16.8 Å². The van der Waals surface area contributed by atoms with Gasteiger partial charge in [0.2, 0.25) is 20.0 Å². The molecule has 0 bridgehead atoms. The van der Waals surface area contributed by atoms with Gasteiger partial charge in [0.25, 0.3) is 0 Å². The average Bonchev–Trinajstić information content (AvgIpc) is 3.07. The first-order valence-electron chi connectivity index (χ1n) is 17.2. The van der Waals surface area contributed by atoms with Crippen LogP contribution >= 0.6 is 0 Å². The summed E-state index contributed by atoms with van der Waals surface area (Å²) in [6, 6.07) is 13.9. The lowest BCUT2D eigenvalue weighted by Crippen LogP contribution is -2.40. The van der Waals surface area contributed by atoms with E-state index in [-0.39, 0.29) is 15.8 Å². The molecule has 1 N–H and O–H groups in total. The van der Waals surface area contributed by atoms with Gasteiger partial charge in [0, 0.05) is 71.5 Å². The van der Waals surface area contributed by atoms with Crippen LogP contribution in [0.5, 0.6) is 0 Å². The number of nitrogens with one attached hydrogen (secondary N) is 1. The lowest BCUT2D eigenvalue weighted by atomic mass is 10.0. The Labute approximate surface area is 277 Å². The van der Waals surface area contributed by atoms with E-state index in [1.807, 2.05) is 33.2 Å². The maximum absolute atomic E-state index is 14.4. The first kappa shape index (κ1) is 35.1. The van der Waals surface area contributed by atoms with Gasteiger partial charge in [-0.3, -0.25) is 4.90 Å². The summed E-state index contributed by atoms with van der Waals surface area (Å²) in [7, 11) is -3.85. The molecule has 3 aliphatic heterocycles. The Kier molecular flexibility index (Phi) is 12.0. The summed E-state index contributed by atoms with van der Waals surface area (Å²) in [6.07, 6.45) is 7.01. The van der Waals surface area contributed by atoms with E-state index in [4.69, 9.17) is 0 Å². The number of nitrogens with zero attached hydrogens (tertiary/aromatic N) is 5. The highest BCUT2D eigenvalue weighted by Crippen LogP contribution is 2.39. The van der Waals surface area contributed by atoms with Crippen molar-refractivity contribution in [3.8, 4) is 0 Å². The monoisotopic (exact) mass is 674 g/mol. The van der Waals surface area contributed by atoms with Gasteiger partial charge in [-0.05, 0) is 77.2 Å². The van der Waals surface area contributed by atoms with E-state index < -0.39 is 20.0 Å². The highest BCUT2D eigenvalue weighted by molar-refractivity contribution is 7.90. The second-order valence-corrected chi connectivity index (χ2v) is 17.1. The molecule has 0 spiro atoms. The van der Waals surface area contributed by atoms with E-state index in [1.165, 1.54) is 11.6 Å². The van der Waals surface area contributed by atoms with Crippen LogP contribution in [-0.2, 0) is 26.6 Å². The van der Waals surface area contributed by atoms with Crippen molar-refractivity contribution >= 4 is 31.4 Å². The van der Waals surface area contributed by atoms with Crippen molar-refractivity contribution in [3.63, 3.8) is 0 Å². The second kappa shape index (κ2) is 15.8. The molecule has 0 aromatic heterocycles. The Hall–Kier alpha value is -2.22.